The molecule has 0 aliphatic rings. The van der Waals surface area contributed by atoms with Crippen LogP contribution >= 0.6 is 11.6 Å². The molecular formula is C17H23ClN2O. The highest BCUT2D eigenvalue weighted by atomic mass is 35.5. The summed E-state index contributed by atoms with van der Waals surface area (Å²) < 4.78 is 7.84. The summed E-state index contributed by atoms with van der Waals surface area (Å²) in [6.45, 7) is 8.01. The Labute approximate surface area is 131 Å². The zero-order valence-electron chi connectivity index (χ0n) is 12.9. The molecule has 1 N–H and O–H groups in total. The Morgan fingerprint density at radius 3 is 2.76 bits per heavy atom. The van der Waals surface area contributed by atoms with E-state index in [1.165, 1.54) is 5.56 Å². The Morgan fingerprint density at radius 2 is 2.10 bits per heavy atom. The van der Waals surface area contributed by atoms with Gasteiger partial charge in [0.1, 0.15) is 5.75 Å². The quantitative estimate of drug-likeness (QED) is 0.783. The highest BCUT2D eigenvalue weighted by Gasteiger charge is 2.05. The third-order valence-corrected chi connectivity index (χ3v) is 3.38. The van der Waals surface area contributed by atoms with Gasteiger partial charge in [0.05, 0.1) is 11.1 Å². The van der Waals surface area contributed by atoms with E-state index in [4.69, 9.17) is 16.3 Å². The van der Waals surface area contributed by atoms with Gasteiger partial charge in [0.15, 0.2) is 0 Å². The van der Waals surface area contributed by atoms with Crippen LogP contribution in [-0.4, -0.2) is 10.7 Å². The minimum absolute atomic E-state index is 0.125. The fraction of sp³-hybridized carbons (Fsp3) is 0.412. The molecule has 0 fully saturated rings. The minimum Gasteiger partial charge on any atom is -0.489 e. The van der Waals surface area contributed by atoms with Gasteiger partial charge in [-0.1, -0.05) is 18.5 Å². The molecule has 3 nitrogen and oxygen atoms in total. The van der Waals surface area contributed by atoms with Crippen LogP contribution in [0.3, 0.4) is 0 Å². The second kappa shape index (κ2) is 7.41. The Hall–Kier alpha value is -1.61. The fourth-order valence-corrected chi connectivity index (χ4v) is 2.38. The van der Waals surface area contributed by atoms with Crippen molar-refractivity contribution in [1.82, 2.24) is 4.57 Å². The monoisotopic (exact) mass is 306 g/mol. The van der Waals surface area contributed by atoms with Crippen molar-refractivity contribution < 1.29 is 4.74 Å². The molecule has 0 saturated carbocycles. The zero-order chi connectivity index (χ0) is 15.2. The van der Waals surface area contributed by atoms with Crippen molar-refractivity contribution in [3.05, 3.63) is 47.2 Å². The molecule has 0 saturated heterocycles. The van der Waals surface area contributed by atoms with Crippen molar-refractivity contribution in [1.29, 1.82) is 0 Å². The maximum atomic E-state index is 6.23. The smallest absolute Gasteiger partial charge is 0.138 e. The number of benzene rings is 1. The number of anilines is 1. The van der Waals surface area contributed by atoms with Gasteiger partial charge in [-0.2, -0.15) is 0 Å². The zero-order valence-corrected chi connectivity index (χ0v) is 13.7. The van der Waals surface area contributed by atoms with E-state index in [1.54, 1.807) is 0 Å². The van der Waals surface area contributed by atoms with Crippen molar-refractivity contribution in [2.75, 3.05) is 5.32 Å². The maximum Gasteiger partial charge on any atom is 0.138 e. The summed E-state index contributed by atoms with van der Waals surface area (Å²) in [4.78, 5) is 0. The second-order valence-electron chi connectivity index (χ2n) is 5.42. The number of ether oxygens (including phenoxy) is 1. The van der Waals surface area contributed by atoms with Crippen molar-refractivity contribution in [2.45, 2.75) is 46.4 Å². The summed E-state index contributed by atoms with van der Waals surface area (Å²) in [6.07, 6.45) is 5.57. The summed E-state index contributed by atoms with van der Waals surface area (Å²) in [7, 11) is 0. The van der Waals surface area contributed by atoms with Crippen LogP contribution in [0.25, 0.3) is 0 Å². The Balaban J connectivity index is 1.94. The van der Waals surface area contributed by atoms with Crippen LogP contribution in [0.15, 0.2) is 36.7 Å². The van der Waals surface area contributed by atoms with E-state index < -0.39 is 0 Å². The van der Waals surface area contributed by atoms with Gasteiger partial charge in [0, 0.05) is 31.2 Å². The van der Waals surface area contributed by atoms with Crippen molar-refractivity contribution in [2.24, 2.45) is 0 Å². The van der Waals surface area contributed by atoms with Crippen LogP contribution in [-0.2, 0) is 13.1 Å². The van der Waals surface area contributed by atoms with Gasteiger partial charge in [-0.25, -0.2) is 0 Å². The lowest BCUT2D eigenvalue weighted by molar-refractivity contribution is 0.242. The first-order valence-corrected chi connectivity index (χ1v) is 7.81. The normalized spacial score (nSPS) is 10.9. The van der Waals surface area contributed by atoms with Crippen LogP contribution in [0.1, 0.15) is 32.8 Å². The molecule has 21 heavy (non-hydrogen) atoms. The number of nitrogens with one attached hydrogen (secondary N) is 1. The molecule has 0 amide bonds. The number of aryl methyl sites for hydroxylation is 1. The minimum atomic E-state index is 0.125. The van der Waals surface area contributed by atoms with Crippen molar-refractivity contribution in [3.8, 4) is 5.75 Å². The van der Waals surface area contributed by atoms with Crippen LogP contribution < -0.4 is 10.1 Å². The van der Waals surface area contributed by atoms with Crippen molar-refractivity contribution >= 4 is 17.3 Å². The molecule has 1 aromatic carbocycles. The fourth-order valence-electron chi connectivity index (χ4n) is 2.16. The molecule has 2 rings (SSSR count). The van der Waals surface area contributed by atoms with Gasteiger partial charge in [-0.05, 0) is 50.1 Å². The van der Waals surface area contributed by atoms with E-state index in [1.807, 2.05) is 32.0 Å². The van der Waals surface area contributed by atoms with E-state index in [0.29, 0.717) is 5.02 Å². The molecule has 0 unspecified atom stereocenters. The Bertz CT molecular complexity index is 578. The predicted octanol–water partition coefficient (Wildman–Crippen LogP) is 4.95. The molecular weight excluding hydrogens is 284 g/mol. The summed E-state index contributed by atoms with van der Waals surface area (Å²) >= 11 is 6.23. The van der Waals surface area contributed by atoms with Crippen LogP contribution in [0.2, 0.25) is 5.02 Å². The van der Waals surface area contributed by atoms with Crippen LogP contribution in [0.5, 0.6) is 5.75 Å². The standard InChI is InChI=1S/C17H23ClN2O/c1-4-8-20-9-7-14(12-20)11-19-15-5-6-17(16(18)10-15)21-13(2)3/h5-7,9-10,12-13,19H,4,8,11H2,1-3H3. The summed E-state index contributed by atoms with van der Waals surface area (Å²) in [6, 6.07) is 7.95. The van der Waals surface area contributed by atoms with E-state index >= 15 is 0 Å². The number of halogens is 1. The number of nitrogens with zero attached hydrogens (tertiary/aromatic N) is 1. The first-order valence-electron chi connectivity index (χ1n) is 7.43. The molecule has 0 atom stereocenters. The lowest BCUT2D eigenvalue weighted by Crippen LogP contribution is -2.06. The largest absolute Gasteiger partial charge is 0.489 e. The molecule has 0 aliphatic carbocycles. The molecule has 0 spiro atoms. The Kier molecular flexibility index (Phi) is 5.57. The SMILES string of the molecule is CCCn1ccc(CNc2ccc(OC(C)C)c(Cl)c2)c1. The number of rotatable bonds is 7. The molecule has 1 aromatic heterocycles. The molecule has 0 aliphatic heterocycles. The third kappa shape index (κ3) is 4.71. The lowest BCUT2D eigenvalue weighted by atomic mass is 10.2. The third-order valence-electron chi connectivity index (χ3n) is 3.08. The number of hydrogen-bond donors (Lipinski definition) is 1. The molecule has 0 radical (unpaired) electrons. The Morgan fingerprint density at radius 1 is 1.29 bits per heavy atom. The molecule has 1 heterocycles. The maximum absolute atomic E-state index is 6.23. The highest BCUT2D eigenvalue weighted by molar-refractivity contribution is 6.32. The number of hydrogen-bond acceptors (Lipinski definition) is 2. The van der Waals surface area contributed by atoms with Crippen molar-refractivity contribution in [3.63, 3.8) is 0 Å². The van der Waals surface area contributed by atoms with E-state index in [0.717, 1.165) is 30.9 Å². The summed E-state index contributed by atoms with van der Waals surface area (Å²) in [5.74, 6) is 0.728. The van der Waals surface area contributed by atoms with E-state index in [-0.39, 0.29) is 6.10 Å². The van der Waals surface area contributed by atoms with E-state index in [2.05, 4.69) is 35.3 Å². The van der Waals surface area contributed by atoms with E-state index in [9.17, 15) is 0 Å². The molecule has 2 aromatic rings. The van der Waals surface area contributed by atoms with Gasteiger partial charge in [-0.3, -0.25) is 0 Å². The van der Waals surface area contributed by atoms with Gasteiger partial charge in [0.25, 0.3) is 0 Å². The molecule has 4 heteroatoms. The average molecular weight is 307 g/mol. The second-order valence-corrected chi connectivity index (χ2v) is 5.83. The molecule has 0 bridgehead atoms. The predicted molar refractivity (Wildman–Crippen MR) is 89.3 cm³/mol. The number of aromatic nitrogens is 1. The molecule has 114 valence electrons. The lowest BCUT2D eigenvalue weighted by Gasteiger charge is -2.13. The van der Waals surface area contributed by atoms with Gasteiger partial charge in [-0.15, -0.1) is 0 Å². The van der Waals surface area contributed by atoms with Crippen LogP contribution in [0.4, 0.5) is 5.69 Å². The first-order chi connectivity index (χ1) is 10.1. The van der Waals surface area contributed by atoms with Crippen LogP contribution in [0, 0.1) is 0 Å². The first kappa shape index (κ1) is 15.8. The summed E-state index contributed by atoms with van der Waals surface area (Å²) in [5.41, 5.74) is 2.27. The highest BCUT2D eigenvalue weighted by Crippen LogP contribution is 2.28. The average Bonchev–Trinajstić information content (AvgIpc) is 2.87. The van der Waals surface area contributed by atoms with Gasteiger partial charge in [0.2, 0.25) is 0 Å². The topological polar surface area (TPSA) is 26.2 Å². The van der Waals surface area contributed by atoms with Gasteiger partial charge >= 0.3 is 0 Å². The summed E-state index contributed by atoms with van der Waals surface area (Å²) in [5, 5.41) is 4.02. The van der Waals surface area contributed by atoms with Gasteiger partial charge < -0.3 is 14.6 Å².